The quantitative estimate of drug-likeness (QED) is 0.705. The van der Waals surface area contributed by atoms with E-state index in [0.29, 0.717) is 16.1 Å². The number of halogens is 4. The monoisotopic (exact) mass is 410 g/mol. The molecular weight excluding hydrogens is 401 g/mol. The molecule has 2 aromatic rings. The topological polar surface area (TPSA) is 20.2 Å². The van der Waals surface area contributed by atoms with Crippen molar-refractivity contribution in [2.45, 2.75) is 12.5 Å². The van der Waals surface area contributed by atoms with Crippen LogP contribution in [0.15, 0.2) is 36.4 Å². The Kier molecular flexibility index (Phi) is 5.06. The Morgan fingerprint density at radius 1 is 1.21 bits per heavy atom. The highest BCUT2D eigenvalue weighted by molar-refractivity contribution is 14.1. The molecule has 19 heavy (non-hydrogen) atoms. The van der Waals surface area contributed by atoms with Crippen molar-refractivity contribution in [1.29, 1.82) is 0 Å². The number of rotatable bonds is 3. The summed E-state index contributed by atoms with van der Waals surface area (Å²) < 4.78 is 14.2. The summed E-state index contributed by atoms with van der Waals surface area (Å²) in [6.45, 7) is 0. The van der Waals surface area contributed by atoms with E-state index in [1.165, 1.54) is 6.07 Å². The number of hydrogen-bond acceptors (Lipinski definition) is 1. The van der Waals surface area contributed by atoms with Gasteiger partial charge in [-0.25, -0.2) is 4.39 Å². The van der Waals surface area contributed by atoms with Crippen molar-refractivity contribution >= 4 is 45.8 Å². The lowest BCUT2D eigenvalue weighted by Crippen LogP contribution is -2.05. The Bertz CT molecular complexity index is 604. The molecule has 0 amide bonds. The summed E-state index contributed by atoms with van der Waals surface area (Å²) in [5.41, 5.74) is 1.29. The Morgan fingerprint density at radius 2 is 1.95 bits per heavy atom. The smallest absolute Gasteiger partial charge is 0.142 e. The second kappa shape index (κ2) is 6.39. The van der Waals surface area contributed by atoms with E-state index in [1.807, 2.05) is 6.07 Å². The summed E-state index contributed by atoms with van der Waals surface area (Å²) in [7, 11) is 0. The van der Waals surface area contributed by atoms with Crippen LogP contribution in [0.2, 0.25) is 10.0 Å². The van der Waals surface area contributed by atoms with Crippen LogP contribution in [0.25, 0.3) is 0 Å². The van der Waals surface area contributed by atoms with E-state index in [4.69, 9.17) is 23.2 Å². The van der Waals surface area contributed by atoms with Gasteiger partial charge in [0.05, 0.1) is 11.1 Å². The molecule has 0 heterocycles. The Balaban J connectivity index is 2.28. The fraction of sp³-hybridized carbons (Fsp3) is 0.143. The van der Waals surface area contributed by atoms with Gasteiger partial charge in [-0.15, -0.1) is 0 Å². The molecule has 0 aliphatic carbocycles. The lowest BCUT2D eigenvalue weighted by Gasteiger charge is -2.14. The van der Waals surface area contributed by atoms with Crippen LogP contribution in [0.4, 0.5) is 4.39 Å². The first-order chi connectivity index (χ1) is 8.99. The van der Waals surface area contributed by atoms with Crippen LogP contribution < -0.4 is 0 Å². The van der Waals surface area contributed by atoms with E-state index >= 15 is 0 Å². The summed E-state index contributed by atoms with van der Waals surface area (Å²) >= 11 is 13.9. The third-order valence-corrected chi connectivity index (χ3v) is 4.40. The molecule has 0 bridgehead atoms. The van der Waals surface area contributed by atoms with Crippen molar-refractivity contribution < 1.29 is 9.50 Å². The van der Waals surface area contributed by atoms with Gasteiger partial charge in [0, 0.05) is 15.0 Å². The molecule has 1 atom stereocenters. The molecule has 0 aliphatic heterocycles. The maximum absolute atomic E-state index is 13.3. The van der Waals surface area contributed by atoms with Gasteiger partial charge in [0.25, 0.3) is 0 Å². The minimum atomic E-state index is -0.773. The molecule has 5 heteroatoms. The molecule has 0 saturated heterocycles. The molecule has 2 aromatic carbocycles. The van der Waals surface area contributed by atoms with Crippen LogP contribution in [-0.4, -0.2) is 5.11 Å². The van der Waals surface area contributed by atoms with Gasteiger partial charge < -0.3 is 5.11 Å². The van der Waals surface area contributed by atoms with E-state index < -0.39 is 11.9 Å². The van der Waals surface area contributed by atoms with E-state index in [2.05, 4.69) is 22.6 Å². The van der Waals surface area contributed by atoms with E-state index in [0.717, 1.165) is 3.57 Å². The van der Waals surface area contributed by atoms with Gasteiger partial charge in [-0.2, -0.15) is 0 Å². The predicted octanol–water partition coefficient (Wildman–Crippen LogP) is 5.01. The summed E-state index contributed by atoms with van der Waals surface area (Å²) in [5, 5.41) is 10.9. The van der Waals surface area contributed by atoms with Crippen LogP contribution >= 0.6 is 45.8 Å². The minimum Gasteiger partial charge on any atom is -0.388 e. The van der Waals surface area contributed by atoms with Crippen molar-refractivity contribution in [1.82, 2.24) is 0 Å². The van der Waals surface area contributed by atoms with Crippen molar-refractivity contribution in [2.75, 3.05) is 0 Å². The predicted molar refractivity (Wildman–Crippen MR) is 84.2 cm³/mol. The normalized spacial score (nSPS) is 12.5. The summed E-state index contributed by atoms with van der Waals surface area (Å²) in [4.78, 5) is 0. The molecule has 0 aromatic heterocycles. The van der Waals surface area contributed by atoms with Gasteiger partial charge in [-0.1, -0.05) is 35.3 Å². The first-order valence-corrected chi connectivity index (χ1v) is 7.38. The number of benzene rings is 2. The molecule has 0 aliphatic rings. The molecule has 0 fully saturated rings. The average Bonchev–Trinajstić information content (AvgIpc) is 2.38. The molecule has 0 spiro atoms. The van der Waals surface area contributed by atoms with Gasteiger partial charge in [-0.05, 0) is 58.0 Å². The fourth-order valence-electron chi connectivity index (χ4n) is 1.79. The van der Waals surface area contributed by atoms with E-state index in [-0.39, 0.29) is 11.4 Å². The lowest BCUT2D eigenvalue weighted by molar-refractivity contribution is 0.177. The number of hydrogen-bond donors (Lipinski definition) is 1. The van der Waals surface area contributed by atoms with Crippen LogP contribution in [-0.2, 0) is 6.42 Å². The highest BCUT2D eigenvalue weighted by atomic mass is 127. The maximum Gasteiger partial charge on any atom is 0.142 e. The van der Waals surface area contributed by atoms with Crippen molar-refractivity contribution in [3.05, 3.63) is 67.0 Å². The fourth-order valence-corrected chi connectivity index (χ4v) is 2.87. The lowest BCUT2D eigenvalue weighted by atomic mass is 10.0. The average molecular weight is 411 g/mol. The summed E-state index contributed by atoms with van der Waals surface area (Å²) in [6, 6.07) is 9.87. The first-order valence-electron chi connectivity index (χ1n) is 5.55. The highest BCUT2D eigenvalue weighted by Gasteiger charge is 2.15. The van der Waals surface area contributed by atoms with Crippen LogP contribution in [0, 0.1) is 9.39 Å². The standard InChI is InChI=1S/C14H10Cl2FIO/c15-9-4-5-12(18)10(7-9)13(19)6-8-2-1-3-11(17)14(8)16/h1-5,7,13,19H,6H2. The molecule has 0 saturated carbocycles. The highest BCUT2D eigenvalue weighted by Crippen LogP contribution is 2.29. The summed E-state index contributed by atoms with van der Waals surface area (Å²) in [5.74, 6) is -0.479. The molecular formula is C14H10Cl2FIO. The molecule has 1 nitrogen and oxygen atoms in total. The van der Waals surface area contributed by atoms with Gasteiger partial charge in [0.1, 0.15) is 5.82 Å². The maximum atomic E-state index is 13.3. The zero-order valence-electron chi connectivity index (χ0n) is 9.71. The van der Waals surface area contributed by atoms with Crippen LogP contribution in [0.3, 0.4) is 0 Å². The zero-order valence-corrected chi connectivity index (χ0v) is 13.4. The van der Waals surface area contributed by atoms with Gasteiger partial charge in [0.15, 0.2) is 0 Å². The molecule has 2 rings (SSSR count). The zero-order chi connectivity index (χ0) is 14.0. The SMILES string of the molecule is OC(Cc1cccc(F)c1Cl)c1cc(Cl)ccc1I. The van der Waals surface area contributed by atoms with Crippen LogP contribution in [0.1, 0.15) is 17.2 Å². The number of aliphatic hydroxyl groups excluding tert-OH is 1. The van der Waals surface area contributed by atoms with Crippen molar-refractivity contribution in [3.63, 3.8) is 0 Å². The second-order valence-corrected chi connectivity index (χ2v) is 6.08. The third-order valence-electron chi connectivity index (χ3n) is 2.76. The largest absolute Gasteiger partial charge is 0.388 e. The van der Waals surface area contributed by atoms with Gasteiger partial charge in [-0.3, -0.25) is 0 Å². The van der Waals surface area contributed by atoms with Crippen molar-refractivity contribution in [2.24, 2.45) is 0 Å². The van der Waals surface area contributed by atoms with E-state index in [9.17, 15) is 9.50 Å². The first kappa shape index (κ1) is 15.0. The molecule has 1 N–H and O–H groups in total. The molecule has 0 radical (unpaired) electrons. The molecule has 100 valence electrons. The van der Waals surface area contributed by atoms with Crippen molar-refractivity contribution in [3.8, 4) is 0 Å². The Labute approximate surface area is 134 Å². The third kappa shape index (κ3) is 3.60. The Hall–Kier alpha value is -0.360. The summed E-state index contributed by atoms with van der Waals surface area (Å²) in [6.07, 6.45) is -0.530. The second-order valence-electron chi connectivity index (χ2n) is 4.10. The van der Waals surface area contributed by atoms with Crippen LogP contribution in [0.5, 0.6) is 0 Å². The van der Waals surface area contributed by atoms with Gasteiger partial charge in [0.2, 0.25) is 0 Å². The Morgan fingerprint density at radius 3 is 2.68 bits per heavy atom. The molecule has 1 unspecified atom stereocenters. The van der Waals surface area contributed by atoms with Gasteiger partial charge >= 0.3 is 0 Å². The van der Waals surface area contributed by atoms with E-state index in [1.54, 1.807) is 24.3 Å². The minimum absolute atomic E-state index is 0.0542. The number of aliphatic hydroxyl groups is 1.